The highest BCUT2D eigenvalue weighted by molar-refractivity contribution is 6.13. The maximum Gasteiger partial charge on any atom is 0.251 e. The van der Waals surface area contributed by atoms with Gasteiger partial charge in [-0.2, -0.15) is 5.26 Å². The van der Waals surface area contributed by atoms with Crippen molar-refractivity contribution in [3.8, 4) is 6.07 Å². The number of carbonyl (C=O) groups is 3. The van der Waals surface area contributed by atoms with Crippen LogP contribution in [0.15, 0.2) is 66.9 Å². The van der Waals surface area contributed by atoms with E-state index in [2.05, 4.69) is 4.98 Å². The van der Waals surface area contributed by atoms with Gasteiger partial charge in [-0.15, -0.1) is 0 Å². The summed E-state index contributed by atoms with van der Waals surface area (Å²) in [5, 5.41) is 9.38. The van der Waals surface area contributed by atoms with Crippen molar-refractivity contribution in [2.75, 3.05) is 9.80 Å². The first-order chi connectivity index (χ1) is 19.6. The van der Waals surface area contributed by atoms with Gasteiger partial charge in [0.1, 0.15) is 23.2 Å². The van der Waals surface area contributed by atoms with Gasteiger partial charge < -0.3 is 0 Å². The van der Waals surface area contributed by atoms with Crippen molar-refractivity contribution in [2.45, 2.75) is 56.0 Å². The second kappa shape index (κ2) is 9.84. The van der Waals surface area contributed by atoms with E-state index in [0.29, 0.717) is 12.0 Å². The Labute approximate surface area is 234 Å². The Hall–Kier alpha value is -4.52. The third-order valence-electron chi connectivity index (χ3n) is 8.37. The van der Waals surface area contributed by atoms with Crippen LogP contribution in [0.3, 0.4) is 0 Å². The largest absolute Gasteiger partial charge is 0.296 e. The van der Waals surface area contributed by atoms with E-state index in [4.69, 9.17) is 0 Å². The number of carbonyl (C=O) groups excluding carboxylic acids is 3. The number of hydrogen-bond acceptors (Lipinski definition) is 5. The number of aromatic nitrogens is 1. The first kappa shape index (κ1) is 26.7. The maximum atomic E-state index is 14.7. The standard InChI is InChI=1S/C31H25F3N4O3/c32-22-5-3-6-23(15-22)38(29(41)25-8-9-27(39)37(25)26-14-19(18-35)11-13-36-26)31(28(40)21-16-30(33,34)17-21)12-10-20-4-1-2-7-24(20)31/h1-7,11,13-15,21,25H,8-10,12,16-17H2/t25-,31-/m0/s1. The molecular weight excluding hydrogens is 533 g/mol. The molecule has 7 nitrogen and oxygen atoms in total. The molecule has 2 aliphatic carbocycles. The van der Waals surface area contributed by atoms with Gasteiger partial charge in [0.15, 0.2) is 5.78 Å². The number of ketones is 1. The average Bonchev–Trinajstić information content (AvgIpc) is 3.53. The van der Waals surface area contributed by atoms with Crippen LogP contribution in [-0.4, -0.2) is 34.5 Å². The van der Waals surface area contributed by atoms with Gasteiger partial charge in [-0.25, -0.2) is 18.2 Å². The molecule has 2 aromatic carbocycles. The van der Waals surface area contributed by atoms with Crippen LogP contribution in [0.2, 0.25) is 0 Å². The van der Waals surface area contributed by atoms with Crippen LogP contribution in [0, 0.1) is 23.1 Å². The molecule has 10 heteroatoms. The molecule has 2 fully saturated rings. The van der Waals surface area contributed by atoms with Crippen molar-refractivity contribution >= 4 is 29.1 Å². The van der Waals surface area contributed by atoms with Crippen molar-refractivity contribution in [3.05, 3.63) is 89.4 Å². The molecule has 3 aliphatic rings. The Balaban J connectivity index is 1.52. The van der Waals surface area contributed by atoms with Crippen molar-refractivity contribution in [2.24, 2.45) is 5.92 Å². The molecule has 0 spiro atoms. The van der Waals surface area contributed by atoms with Crippen LogP contribution in [0.1, 0.15) is 48.8 Å². The summed E-state index contributed by atoms with van der Waals surface area (Å²) in [6.07, 6.45) is 0.745. The molecule has 3 aromatic rings. The molecule has 1 aliphatic heterocycles. The summed E-state index contributed by atoms with van der Waals surface area (Å²) in [4.78, 5) is 48.9. The number of hydrogen-bond donors (Lipinski definition) is 0. The molecule has 1 saturated carbocycles. The third-order valence-corrected chi connectivity index (χ3v) is 8.37. The molecule has 1 saturated heterocycles. The van der Waals surface area contributed by atoms with Crippen LogP contribution in [-0.2, 0) is 26.3 Å². The fraction of sp³-hybridized carbons (Fsp3) is 0.323. The SMILES string of the molecule is N#Cc1ccnc(N2C(=O)CC[C@H]2C(=O)N(c2cccc(F)c2)[C@@]2(C(=O)C3CC(F)(F)C3)CCc3ccccc32)c1. The first-order valence-corrected chi connectivity index (χ1v) is 13.4. The van der Waals surface area contributed by atoms with Gasteiger partial charge in [0.05, 0.1) is 11.6 Å². The second-order valence-corrected chi connectivity index (χ2v) is 10.8. The number of nitriles is 1. The van der Waals surface area contributed by atoms with Crippen LogP contribution in [0.25, 0.3) is 0 Å². The number of nitrogens with zero attached hydrogens (tertiary/aromatic N) is 4. The number of benzene rings is 2. The van der Waals surface area contributed by atoms with Gasteiger partial charge in [-0.05, 0) is 60.7 Å². The molecule has 0 unspecified atom stereocenters. The zero-order chi connectivity index (χ0) is 28.9. The molecule has 2 amide bonds. The number of pyridine rings is 1. The topological polar surface area (TPSA) is 94.4 Å². The minimum atomic E-state index is -2.97. The van der Waals surface area contributed by atoms with Gasteiger partial charge >= 0.3 is 0 Å². The van der Waals surface area contributed by atoms with E-state index in [1.807, 2.05) is 12.1 Å². The summed E-state index contributed by atoms with van der Waals surface area (Å²) in [5.41, 5.74) is -0.0430. The summed E-state index contributed by atoms with van der Waals surface area (Å²) in [6, 6.07) is 16.1. The quantitative estimate of drug-likeness (QED) is 0.421. The van der Waals surface area contributed by atoms with Crippen molar-refractivity contribution in [3.63, 3.8) is 0 Å². The van der Waals surface area contributed by atoms with Gasteiger partial charge in [-0.1, -0.05) is 30.3 Å². The molecule has 41 heavy (non-hydrogen) atoms. The Morgan fingerprint density at radius 3 is 2.56 bits per heavy atom. The lowest BCUT2D eigenvalue weighted by atomic mass is 9.69. The lowest BCUT2D eigenvalue weighted by Crippen LogP contribution is -2.61. The minimum Gasteiger partial charge on any atom is -0.296 e. The molecule has 208 valence electrons. The molecule has 1 aromatic heterocycles. The number of rotatable bonds is 6. The van der Waals surface area contributed by atoms with E-state index in [0.717, 1.165) is 11.6 Å². The van der Waals surface area contributed by atoms with Crippen LogP contribution < -0.4 is 9.80 Å². The number of aryl methyl sites for hydroxylation is 1. The molecule has 0 radical (unpaired) electrons. The molecule has 2 atom stereocenters. The molecule has 0 N–H and O–H groups in total. The Bertz CT molecular complexity index is 1610. The van der Waals surface area contributed by atoms with Gasteiger partial charge in [-0.3, -0.25) is 24.2 Å². The number of alkyl halides is 2. The van der Waals surface area contributed by atoms with Gasteiger partial charge in [0.25, 0.3) is 5.91 Å². The summed E-state index contributed by atoms with van der Waals surface area (Å²) in [7, 11) is 0. The Morgan fingerprint density at radius 2 is 1.83 bits per heavy atom. The van der Waals surface area contributed by atoms with E-state index in [-0.39, 0.29) is 36.3 Å². The molecule has 6 rings (SSSR count). The van der Waals surface area contributed by atoms with Crippen LogP contribution in [0.5, 0.6) is 0 Å². The second-order valence-electron chi connectivity index (χ2n) is 10.8. The number of anilines is 2. The van der Waals surface area contributed by atoms with Crippen molar-refractivity contribution in [1.82, 2.24) is 4.98 Å². The van der Waals surface area contributed by atoms with Crippen molar-refractivity contribution < 1.29 is 27.6 Å². The summed E-state index contributed by atoms with van der Waals surface area (Å²) in [6.45, 7) is 0. The average molecular weight is 559 g/mol. The van der Waals surface area contributed by atoms with E-state index in [1.165, 1.54) is 46.3 Å². The number of halogens is 3. The minimum absolute atomic E-state index is 0.0121. The highest BCUT2D eigenvalue weighted by atomic mass is 19.3. The fourth-order valence-corrected chi connectivity index (χ4v) is 6.50. The zero-order valence-electron chi connectivity index (χ0n) is 21.9. The fourth-order valence-electron chi connectivity index (χ4n) is 6.50. The predicted molar refractivity (Wildman–Crippen MR) is 142 cm³/mol. The number of fused-ring (bicyclic) bond motifs is 1. The lowest BCUT2D eigenvalue weighted by molar-refractivity contribution is -0.154. The van der Waals surface area contributed by atoms with E-state index in [9.17, 15) is 32.8 Å². The maximum absolute atomic E-state index is 14.7. The summed E-state index contributed by atoms with van der Waals surface area (Å²) < 4.78 is 42.7. The normalized spacial score (nSPS) is 23.0. The lowest BCUT2D eigenvalue weighted by Gasteiger charge is -2.47. The van der Waals surface area contributed by atoms with Crippen molar-refractivity contribution in [1.29, 1.82) is 5.26 Å². The molecule has 0 bridgehead atoms. The smallest absolute Gasteiger partial charge is 0.251 e. The Kier molecular flexibility index (Phi) is 6.40. The van der Waals surface area contributed by atoms with Gasteiger partial charge in [0.2, 0.25) is 11.8 Å². The third kappa shape index (κ3) is 4.36. The van der Waals surface area contributed by atoms with Crippen LogP contribution >= 0.6 is 0 Å². The number of amides is 2. The van der Waals surface area contributed by atoms with E-state index in [1.54, 1.807) is 18.2 Å². The zero-order valence-corrected chi connectivity index (χ0v) is 21.9. The Morgan fingerprint density at radius 1 is 1.05 bits per heavy atom. The predicted octanol–water partition coefficient (Wildman–Crippen LogP) is 5.08. The molecule has 2 heterocycles. The van der Waals surface area contributed by atoms with E-state index >= 15 is 0 Å². The highest BCUT2D eigenvalue weighted by Gasteiger charge is 2.60. The molecular formula is C31H25F3N4O3. The monoisotopic (exact) mass is 558 g/mol. The number of Topliss-reactive ketones (excluding diaryl/α,β-unsaturated/α-hetero) is 1. The summed E-state index contributed by atoms with van der Waals surface area (Å²) >= 11 is 0. The van der Waals surface area contributed by atoms with Crippen LogP contribution in [0.4, 0.5) is 24.7 Å². The highest BCUT2D eigenvalue weighted by Crippen LogP contribution is 2.52. The van der Waals surface area contributed by atoms with Gasteiger partial charge in [0, 0.05) is 37.1 Å². The van der Waals surface area contributed by atoms with E-state index < -0.39 is 59.7 Å². The summed E-state index contributed by atoms with van der Waals surface area (Å²) in [5.74, 6) is -6.07. The first-order valence-electron chi connectivity index (χ1n) is 13.4.